The molecule has 8 nitrogen and oxygen atoms in total. The Morgan fingerprint density at radius 2 is 2.33 bits per heavy atom. The van der Waals surface area contributed by atoms with Gasteiger partial charge in [-0.1, -0.05) is 0 Å². The molecule has 1 atom stereocenters. The molecule has 1 aliphatic rings. The van der Waals surface area contributed by atoms with Crippen LogP contribution in [-0.4, -0.2) is 53.7 Å². The van der Waals surface area contributed by atoms with E-state index in [9.17, 15) is 4.79 Å². The Hall–Kier alpha value is -1.67. The predicted octanol–water partition coefficient (Wildman–Crippen LogP) is -0.942. The van der Waals surface area contributed by atoms with Gasteiger partial charge in [-0.2, -0.15) is 15.0 Å². The highest BCUT2D eigenvalue weighted by Gasteiger charge is 2.31. The van der Waals surface area contributed by atoms with Crippen LogP contribution >= 0.6 is 11.6 Å². The van der Waals surface area contributed by atoms with Crippen molar-refractivity contribution < 1.29 is 9.53 Å². The van der Waals surface area contributed by atoms with Crippen LogP contribution in [0.2, 0.25) is 5.28 Å². The average molecular weight is 273 g/mol. The first-order valence-corrected chi connectivity index (χ1v) is 5.72. The number of morpholine rings is 1. The number of nitrogens with zero attached hydrogens (tertiary/aromatic N) is 4. The molecule has 1 aromatic rings. The van der Waals surface area contributed by atoms with Gasteiger partial charge in [0.25, 0.3) is 0 Å². The number of aromatic nitrogens is 3. The van der Waals surface area contributed by atoms with Crippen molar-refractivity contribution in [2.45, 2.75) is 6.04 Å². The molecule has 1 amide bonds. The molecule has 1 saturated heterocycles. The SMILES string of the molecule is CNC(=O)C1COCCN1c1nc(N)nc(Cl)n1. The van der Waals surface area contributed by atoms with Gasteiger partial charge in [-0.25, -0.2) is 0 Å². The summed E-state index contributed by atoms with van der Waals surface area (Å²) in [5, 5.41) is 2.57. The smallest absolute Gasteiger partial charge is 0.244 e. The molecule has 0 saturated carbocycles. The minimum absolute atomic E-state index is 0.000325. The van der Waals surface area contributed by atoms with Crippen molar-refractivity contribution in [3.8, 4) is 0 Å². The van der Waals surface area contributed by atoms with Crippen molar-refractivity contribution in [2.24, 2.45) is 0 Å². The molecule has 1 aliphatic heterocycles. The van der Waals surface area contributed by atoms with E-state index in [1.165, 1.54) is 0 Å². The van der Waals surface area contributed by atoms with Crippen LogP contribution in [0.1, 0.15) is 0 Å². The molecule has 1 aromatic heterocycles. The van der Waals surface area contributed by atoms with Crippen LogP contribution in [0.3, 0.4) is 0 Å². The Kier molecular flexibility index (Phi) is 3.78. The van der Waals surface area contributed by atoms with Crippen LogP contribution in [-0.2, 0) is 9.53 Å². The fraction of sp³-hybridized carbons (Fsp3) is 0.556. The molecule has 18 heavy (non-hydrogen) atoms. The molecule has 0 aliphatic carbocycles. The number of likely N-dealkylation sites (N-methyl/N-ethyl adjacent to an activating group) is 1. The molecule has 2 rings (SSSR count). The van der Waals surface area contributed by atoms with Crippen LogP contribution in [0, 0.1) is 0 Å². The maximum atomic E-state index is 11.8. The van der Waals surface area contributed by atoms with Gasteiger partial charge < -0.3 is 20.7 Å². The number of ether oxygens (including phenoxy) is 1. The molecular weight excluding hydrogens is 260 g/mol. The highest BCUT2D eigenvalue weighted by Crippen LogP contribution is 2.17. The maximum absolute atomic E-state index is 11.8. The zero-order valence-electron chi connectivity index (χ0n) is 9.76. The second kappa shape index (κ2) is 5.32. The minimum atomic E-state index is -0.499. The summed E-state index contributed by atoms with van der Waals surface area (Å²) in [5.74, 6) is 0.126. The number of nitrogen functional groups attached to an aromatic ring is 1. The lowest BCUT2D eigenvalue weighted by molar-refractivity contribution is -0.124. The second-order valence-corrected chi connectivity index (χ2v) is 4.00. The van der Waals surface area contributed by atoms with E-state index >= 15 is 0 Å². The van der Waals surface area contributed by atoms with Crippen molar-refractivity contribution >= 4 is 29.4 Å². The number of carbonyl (C=O) groups is 1. The summed E-state index contributed by atoms with van der Waals surface area (Å²) < 4.78 is 5.28. The van der Waals surface area contributed by atoms with Crippen molar-refractivity contribution in [3.63, 3.8) is 0 Å². The monoisotopic (exact) mass is 272 g/mol. The number of rotatable bonds is 2. The lowest BCUT2D eigenvalue weighted by atomic mass is 10.2. The molecule has 1 unspecified atom stereocenters. The first kappa shape index (κ1) is 12.8. The molecule has 2 heterocycles. The predicted molar refractivity (Wildman–Crippen MR) is 65.3 cm³/mol. The van der Waals surface area contributed by atoms with Gasteiger partial charge >= 0.3 is 0 Å². The fourth-order valence-electron chi connectivity index (χ4n) is 1.71. The molecule has 98 valence electrons. The van der Waals surface area contributed by atoms with E-state index in [1.807, 2.05) is 0 Å². The Morgan fingerprint density at radius 3 is 3.00 bits per heavy atom. The van der Waals surface area contributed by atoms with Gasteiger partial charge in [0.05, 0.1) is 13.2 Å². The second-order valence-electron chi connectivity index (χ2n) is 3.66. The molecule has 0 spiro atoms. The maximum Gasteiger partial charge on any atom is 0.244 e. The summed E-state index contributed by atoms with van der Waals surface area (Å²) >= 11 is 5.73. The minimum Gasteiger partial charge on any atom is -0.377 e. The molecule has 0 bridgehead atoms. The third kappa shape index (κ3) is 2.59. The Morgan fingerprint density at radius 1 is 1.56 bits per heavy atom. The third-order valence-electron chi connectivity index (χ3n) is 2.55. The van der Waals surface area contributed by atoms with E-state index in [0.29, 0.717) is 13.2 Å². The Bertz CT molecular complexity index is 436. The zero-order chi connectivity index (χ0) is 13.1. The van der Waals surface area contributed by atoms with Crippen molar-refractivity contribution in [2.75, 3.05) is 37.4 Å². The van der Waals surface area contributed by atoms with Gasteiger partial charge in [0, 0.05) is 13.6 Å². The topological polar surface area (TPSA) is 106 Å². The summed E-state index contributed by atoms with van der Waals surface area (Å²) in [4.78, 5) is 25.1. The summed E-state index contributed by atoms with van der Waals surface area (Å²) in [6, 6.07) is -0.499. The van der Waals surface area contributed by atoms with E-state index in [4.69, 9.17) is 22.1 Å². The number of anilines is 2. The molecular formula is C9H13ClN6O2. The summed E-state index contributed by atoms with van der Waals surface area (Å²) in [6.45, 7) is 1.23. The quantitative estimate of drug-likeness (QED) is 0.715. The molecule has 1 fully saturated rings. The molecule has 3 N–H and O–H groups in total. The summed E-state index contributed by atoms with van der Waals surface area (Å²) in [7, 11) is 1.56. The lowest BCUT2D eigenvalue weighted by Gasteiger charge is -2.34. The van der Waals surface area contributed by atoms with Crippen LogP contribution in [0.5, 0.6) is 0 Å². The largest absolute Gasteiger partial charge is 0.377 e. The number of nitrogens with two attached hydrogens (primary N) is 1. The average Bonchev–Trinajstić information content (AvgIpc) is 2.36. The first-order chi connectivity index (χ1) is 8.61. The molecule has 0 aromatic carbocycles. The number of nitrogens with one attached hydrogen (secondary N) is 1. The highest BCUT2D eigenvalue weighted by molar-refractivity contribution is 6.28. The first-order valence-electron chi connectivity index (χ1n) is 5.35. The van der Waals surface area contributed by atoms with Crippen molar-refractivity contribution in [1.29, 1.82) is 0 Å². The van der Waals surface area contributed by atoms with Crippen LogP contribution in [0.4, 0.5) is 11.9 Å². The number of halogens is 1. The van der Waals surface area contributed by atoms with E-state index in [2.05, 4.69) is 20.3 Å². The highest BCUT2D eigenvalue weighted by atomic mass is 35.5. The van der Waals surface area contributed by atoms with Crippen molar-refractivity contribution in [3.05, 3.63) is 5.28 Å². The van der Waals surface area contributed by atoms with Crippen LogP contribution in [0.15, 0.2) is 0 Å². The molecule has 9 heteroatoms. The van der Waals surface area contributed by atoms with Crippen molar-refractivity contribution in [1.82, 2.24) is 20.3 Å². The van der Waals surface area contributed by atoms with Crippen LogP contribution < -0.4 is 16.0 Å². The van der Waals surface area contributed by atoms with Gasteiger partial charge in [0.1, 0.15) is 6.04 Å². The van der Waals surface area contributed by atoms with Gasteiger partial charge in [-0.05, 0) is 11.6 Å². The van der Waals surface area contributed by atoms with Gasteiger partial charge in [-0.15, -0.1) is 0 Å². The fourth-order valence-corrected chi connectivity index (χ4v) is 1.87. The summed E-state index contributed by atoms with van der Waals surface area (Å²) in [6.07, 6.45) is 0. The standard InChI is InChI=1S/C9H13ClN6O2/c1-12-6(17)5-4-18-3-2-16(5)9-14-7(10)13-8(11)15-9/h5H,2-4H2,1H3,(H,12,17)(H2,11,13,14,15). The Labute approximate surface area is 109 Å². The van der Waals surface area contributed by atoms with E-state index in [0.717, 1.165) is 0 Å². The number of amides is 1. The van der Waals surface area contributed by atoms with Gasteiger partial charge in [-0.3, -0.25) is 4.79 Å². The number of hydrogen-bond acceptors (Lipinski definition) is 7. The Balaban J connectivity index is 2.30. The summed E-state index contributed by atoms with van der Waals surface area (Å²) in [5.41, 5.74) is 5.52. The number of hydrogen-bond donors (Lipinski definition) is 2. The third-order valence-corrected chi connectivity index (χ3v) is 2.72. The van der Waals surface area contributed by atoms with E-state index in [1.54, 1.807) is 11.9 Å². The van der Waals surface area contributed by atoms with Gasteiger partial charge in [0.15, 0.2) is 0 Å². The van der Waals surface area contributed by atoms with Gasteiger partial charge in [0.2, 0.25) is 23.1 Å². The zero-order valence-corrected chi connectivity index (χ0v) is 10.5. The van der Waals surface area contributed by atoms with E-state index in [-0.39, 0.29) is 29.7 Å². The van der Waals surface area contributed by atoms with Crippen LogP contribution in [0.25, 0.3) is 0 Å². The lowest BCUT2D eigenvalue weighted by Crippen LogP contribution is -2.54. The number of carbonyl (C=O) groups excluding carboxylic acids is 1. The normalized spacial score (nSPS) is 19.7. The van der Waals surface area contributed by atoms with E-state index < -0.39 is 6.04 Å². The molecule has 0 radical (unpaired) electrons.